The maximum absolute atomic E-state index is 14.2. The molecule has 9 nitrogen and oxygen atoms in total. The molecule has 2 aliphatic rings. The molecule has 0 aliphatic carbocycles. The van der Waals surface area contributed by atoms with Gasteiger partial charge in [-0.1, -0.05) is 92.2 Å². The average Bonchev–Trinajstić information content (AvgIpc) is 3.80. The summed E-state index contributed by atoms with van der Waals surface area (Å²) in [5.41, 5.74) is 8.51. The third-order valence-electron chi connectivity index (χ3n) is 9.37. The number of aryl methyl sites for hydroxylation is 1. The molecular formula is C37H35N7O2. The number of aromatic amines is 1. The highest BCUT2D eigenvalue weighted by Crippen LogP contribution is 2.45. The van der Waals surface area contributed by atoms with Crippen LogP contribution in [0.4, 0.5) is 0 Å². The highest BCUT2D eigenvalue weighted by Gasteiger charge is 2.38. The van der Waals surface area contributed by atoms with E-state index in [1.807, 2.05) is 34.9 Å². The number of hydroxylamine groups is 2. The zero-order valence-electron chi connectivity index (χ0n) is 25.8. The van der Waals surface area contributed by atoms with Crippen LogP contribution in [0.2, 0.25) is 0 Å². The normalized spacial score (nSPS) is 17.7. The summed E-state index contributed by atoms with van der Waals surface area (Å²) in [5, 5.41) is 17.4. The highest BCUT2D eigenvalue weighted by molar-refractivity contribution is 5.80. The number of hydrogen-bond acceptors (Lipinski definition) is 7. The number of fused-ring (bicyclic) bond motifs is 4. The lowest BCUT2D eigenvalue weighted by Crippen LogP contribution is -2.29. The van der Waals surface area contributed by atoms with Crippen LogP contribution in [0.3, 0.4) is 0 Å². The number of nitrogens with zero attached hydrogens (tertiary/aromatic N) is 6. The van der Waals surface area contributed by atoms with Crippen LogP contribution in [0.1, 0.15) is 66.4 Å². The molecule has 0 amide bonds. The van der Waals surface area contributed by atoms with Gasteiger partial charge in [-0.15, -0.1) is 10.2 Å². The zero-order valence-corrected chi connectivity index (χ0v) is 25.8. The van der Waals surface area contributed by atoms with Crippen molar-refractivity contribution in [2.45, 2.75) is 57.7 Å². The summed E-state index contributed by atoms with van der Waals surface area (Å²) < 4.78 is 1.86. The molecule has 6 aromatic rings. The van der Waals surface area contributed by atoms with Crippen molar-refractivity contribution < 1.29 is 4.84 Å². The van der Waals surface area contributed by atoms with E-state index in [0.29, 0.717) is 17.8 Å². The molecular weight excluding hydrogens is 574 g/mol. The van der Waals surface area contributed by atoms with Gasteiger partial charge in [-0.25, -0.2) is 4.98 Å². The minimum Gasteiger partial charge on any atom is -0.292 e. The molecule has 1 N–H and O–H groups in total. The number of aromatic nitrogens is 6. The molecule has 4 heterocycles. The molecule has 1 fully saturated rings. The van der Waals surface area contributed by atoms with Gasteiger partial charge in [0.05, 0.1) is 23.5 Å². The van der Waals surface area contributed by atoms with E-state index in [4.69, 9.17) is 9.82 Å². The number of benzene rings is 4. The van der Waals surface area contributed by atoms with Crippen molar-refractivity contribution >= 4 is 10.9 Å². The third-order valence-corrected chi connectivity index (χ3v) is 9.37. The van der Waals surface area contributed by atoms with Crippen LogP contribution in [-0.2, 0) is 24.2 Å². The minimum atomic E-state index is -0.101. The summed E-state index contributed by atoms with van der Waals surface area (Å²) in [6.45, 7) is 3.49. The first-order chi connectivity index (χ1) is 22.7. The van der Waals surface area contributed by atoms with E-state index in [2.05, 4.69) is 93.3 Å². The third kappa shape index (κ3) is 5.21. The summed E-state index contributed by atoms with van der Waals surface area (Å²) >= 11 is 0. The van der Waals surface area contributed by atoms with Crippen LogP contribution in [0.25, 0.3) is 33.4 Å². The van der Waals surface area contributed by atoms with Gasteiger partial charge in [0.25, 0.3) is 5.56 Å². The number of H-pyrrole nitrogens is 1. The molecule has 0 saturated carbocycles. The lowest BCUT2D eigenvalue weighted by atomic mass is 9.90. The first kappa shape index (κ1) is 28.5. The Hall–Kier alpha value is -4.99. The Labute approximate surface area is 266 Å². The van der Waals surface area contributed by atoms with Crippen LogP contribution in [0, 0.1) is 0 Å². The smallest absolute Gasteiger partial charge is 0.261 e. The van der Waals surface area contributed by atoms with Gasteiger partial charge in [0, 0.05) is 24.9 Å². The van der Waals surface area contributed by atoms with E-state index in [1.54, 1.807) is 0 Å². The van der Waals surface area contributed by atoms with Gasteiger partial charge >= 0.3 is 0 Å². The summed E-state index contributed by atoms with van der Waals surface area (Å²) in [6.07, 6.45) is 4.49. The topological polar surface area (TPSA) is 102 Å². The molecule has 46 heavy (non-hydrogen) atoms. The van der Waals surface area contributed by atoms with E-state index >= 15 is 0 Å². The maximum atomic E-state index is 14.2. The molecule has 9 heteroatoms. The lowest BCUT2D eigenvalue weighted by Gasteiger charge is -2.29. The van der Waals surface area contributed by atoms with Crippen LogP contribution >= 0.6 is 0 Å². The van der Waals surface area contributed by atoms with E-state index in [-0.39, 0.29) is 17.7 Å². The first-order valence-electron chi connectivity index (χ1n) is 16.1. The van der Waals surface area contributed by atoms with Gasteiger partial charge < -0.3 is 0 Å². The Morgan fingerprint density at radius 2 is 1.78 bits per heavy atom. The number of hydrogen-bond donors (Lipinski definition) is 1. The largest absolute Gasteiger partial charge is 0.292 e. The number of tetrazole rings is 1. The second-order valence-electron chi connectivity index (χ2n) is 12.2. The summed E-state index contributed by atoms with van der Waals surface area (Å²) in [5.74, 6) is 1.38. The molecule has 0 bridgehead atoms. The van der Waals surface area contributed by atoms with E-state index in [9.17, 15) is 4.79 Å². The van der Waals surface area contributed by atoms with Crippen molar-refractivity contribution in [3.63, 3.8) is 0 Å². The molecule has 8 rings (SSSR count). The van der Waals surface area contributed by atoms with Gasteiger partial charge in [0.2, 0.25) is 5.82 Å². The predicted octanol–water partition coefficient (Wildman–Crippen LogP) is 6.61. The molecule has 0 spiro atoms. The Bertz CT molecular complexity index is 2070. The molecule has 1 saturated heterocycles. The molecule has 2 atom stereocenters. The minimum absolute atomic E-state index is 0.00875. The van der Waals surface area contributed by atoms with Crippen molar-refractivity contribution in [2.75, 3.05) is 6.54 Å². The van der Waals surface area contributed by atoms with Gasteiger partial charge in [0.1, 0.15) is 11.9 Å². The van der Waals surface area contributed by atoms with Crippen molar-refractivity contribution in [2.24, 2.45) is 0 Å². The fourth-order valence-electron chi connectivity index (χ4n) is 6.96. The second kappa shape index (κ2) is 12.1. The fraction of sp³-hybridized carbons (Fsp3) is 0.270. The molecule has 2 aromatic heterocycles. The Morgan fingerprint density at radius 3 is 2.61 bits per heavy atom. The molecule has 4 aromatic carbocycles. The second-order valence-corrected chi connectivity index (χ2v) is 12.2. The number of unbranched alkanes of at least 4 members (excludes halogenated alkanes) is 1. The van der Waals surface area contributed by atoms with Crippen molar-refractivity contribution in [1.82, 2.24) is 35.2 Å². The van der Waals surface area contributed by atoms with E-state index in [1.165, 1.54) is 11.1 Å². The number of rotatable bonds is 8. The Morgan fingerprint density at radius 1 is 0.957 bits per heavy atom. The monoisotopic (exact) mass is 609 g/mol. The van der Waals surface area contributed by atoms with Crippen LogP contribution in [0.5, 0.6) is 0 Å². The van der Waals surface area contributed by atoms with Gasteiger partial charge in [-0.2, -0.15) is 10.3 Å². The summed E-state index contributed by atoms with van der Waals surface area (Å²) in [6, 6.07) is 31.3. The zero-order chi connectivity index (χ0) is 31.0. The van der Waals surface area contributed by atoms with Crippen molar-refractivity contribution in [3.8, 4) is 22.5 Å². The molecule has 230 valence electrons. The Kier molecular flexibility index (Phi) is 7.48. The maximum Gasteiger partial charge on any atom is 0.261 e. The van der Waals surface area contributed by atoms with Crippen LogP contribution in [-0.4, -0.2) is 41.8 Å². The SMILES string of the molecule is CCCCc1nc2ccc([C@@H]3C[C@H]4c5ccccc5CCN4O3)cc2c(=O)n1Cc1ccc(-c2ccccc2-c2nn[nH]n2)cc1. The highest BCUT2D eigenvalue weighted by atomic mass is 16.7. The standard InChI is InChI=1S/C37H35N7O2/c1-2-3-12-35-38-32-18-17-27(34-22-33-29-10-5-4-8-25(29)19-20-44(33)46-34)21-31(32)37(45)43(35)23-24-13-15-26(16-14-24)28-9-6-7-11-30(28)36-39-41-42-40-36/h4-11,13-18,21,33-34H,2-3,12,19-20,22-23H2,1H3,(H,39,40,41,42)/t33-,34-/m0/s1. The van der Waals surface area contributed by atoms with Crippen LogP contribution < -0.4 is 5.56 Å². The number of nitrogens with one attached hydrogen (secondary N) is 1. The first-order valence-corrected chi connectivity index (χ1v) is 16.1. The lowest BCUT2D eigenvalue weighted by molar-refractivity contribution is -0.167. The van der Waals surface area contributed by atoms with E-state index < -0.39 is 0 Å². The van der Waals surface area contributed by atoms with Crippen molar-refractivity contribution in [3.05, 3.63) is 129 Å². The Balaban J connectivity index is 1.11. The molecule has 0 unspecified atom stereocenters. The van der Waals surface area contributed by atoms with Gasteiger partial charge in [-0.3, -0.25) is 14.2 Å². The molecule has 2 aliphatic heterocycles. The predicted molar refractivity (Wildman–Crippen MR) is 177 cm³/mol. The van der Waals surface area contributed by atoms with Gasteiger partial charge in [-0.05, 0) is 63.6 Å². The summed E-state index contributed by atoms with van der Waals surface area (Å²) in [7, 11) is 0. The van der Waals surface area contributed by atoms with Crippen LogP contribution in [0.15, 0.2) is 95.8 Å². The summed E-state index contributed by atoms with van der Waals surface area (Å²) in [4.78, 5) is 25.7. The quantitative estimate of drug-likeness (QED) is 0.207. The average molecular weight is 610 g/mol. The molecule has 0 radical (unpaired) electrons. The fourth-order valence-corrected chi connectivity index (χ4v) is 6.96. The van der Waals surface area contributed by atoms with Gasteiger partial charge in [0.15, 0.2) is 0 Å². The van der Waals surface area contributed by atoms with Crippen molar-refractivity contribution in [1.29, 1.82) is 0 Å². The van der Waals surface area contributed by atoms with E-state index in [0.717, 1.165) is 77.8 Å².